The molecule has 0 aliphatic carbocycles. The van der Waals surface area contributed by atoms with Crippen LogP contribution >= 0.6 is 0 Å². The molecular formula is C13H24N4. The van der Waals surface area contributed by atoms with Gasteiger partial charge >= 0.3 is 0 Å². The van der Waals surface area contributed by atoms with Gasteiger partial charge in [-0.3, -0.25) is 0 Å². The molecule has 4 nitrogen and oxygen atoms in total. The summed E-state index contributed by atoms with van der Waals surface area (Å²) in [5.74, 6) is 1.97. The van der Waals surface area contributed by atoms with E-state index < -0.39 is 0 Å². The van der Waals surface area contributed by atoms with E-state index in [9.17, 15) is 0 Å². The molecule has 2 rings (SSSR count). The van der Waals surface area contributed by atoms with Crippen LogP contribution in [0.1, 0.15) is 38.4 Å². The van der Waals surface area contributed by atoms with E-state index in [-0.39, 0.29) is 0 Å². The number of rotatable bonds is 4. The third kappa shape index (κ3) is 3.53. The normalized spacial score (nSPS) is 22.6. The summed E-state index contributed by atoms with van der Waals surface area (Å²) in [6.07, 6.45) is 7.33. The molecule has 0 aromatic carbocycles. The Kier molecular flexibility index (Phi) is 4.54. The first kappa shape index (κ1) is 12.6. The van der Waals surface area contributed by atoms with Gasteiger partial charge < -0.3 is 9.47 Å². The van der Waals surface area contributed by atoms with Crippen LogP contribution in [0.25, 0.3) is 0 Å². The summed E-state index contributed by atoms with van der Waals surface area (Å²) in [4.78, 5) is 2.59. The Hall–Kier alpha value is -0.900. The zero-order valence-electron chi connectivity index (χ0n) is 11.1. The van der Waals surface area contributed by atoms with E-state index in [1.165, 1.54) is 38.8 Å². The number of aryl methyl sites for hydroxylation is 1. The Balaban J connectivity index is 1.78. The van der Waals surface area contributed by atoms with Gasteiger partial charge in [0.25, 0.3) is 0 Å². The van der Waals surface area contributed by atoms with Gasteiger partial charge in [-0.1, -0.05) is 13.3 Å². The molecule has 96 valence electrons. The molecule has 1 atom stereocenters. The second-order valence-corrected chi connectivity index (χ2v) is 5.12. The molecule has 0 unspecified atom stereocenters. The summed E-state index contributed by atoms with van der Waals surface area (Å²) < 4.78 is 2.14. The van der Waals surface area contributed by atoms with Crippen molar-refractivity contribution in [2.45, 2.75) is 46.1 Å². The summed E-state index contributed by atoms with van der Waals surface area (Å²) in [6.45, 7) is 9.02. The molecule has 2 heterocycles. The first-order valence-corrected chi connectivity index (χ1v) is 6.86. The van der Waals surface area contributed by atoms with Crippen LogP contribution in [-0.4, -0.2) is 39.3 Å². The van der Waals surface area contributed by atoms with Gasteiger partial charge in [-0.25, -0.2) is 0 Å². The SMILES string of the molecule is CC[C@H]1CCCN(CCn2cnnc2C)CC1. The summed E-state index contributed by atoms with van der Waals surface area (Å²) in [5, 5.41) is 7.94. The Morgan fingerprint density at radius 2 is 2.18 bits per heavy atom. The van der Waals surface area contributed by atoms with Crippen LogP contribution < -0.4 is 0 Å². The molecule has 1 saturated heterocycles. The van der Waals surface area contributed by atoms with Gasteiger partial charge in [-0.05, 0) is 45.2 Å². The van der Waals surface area contributed by atoms with Crippen molar-refractivity contribution in [3.63, 3.8) is 0 Å². The molecule has 17 heavy (non-hydrogen) atoms. The van der Waals surface area contributed by atoms with Gasteiger partial charge in [0.05, 0.1) is 0 Å². The van der Waals surface area contributed by atoms with Gasteiger partial charge in [-0.15, -0.1) is 10.2 Å². The highest BCUT2D eigenvalue weighted by atomic mass is 15.3. The minimum Gasteiger partial charge on any atom is -0.317 e. The summed E-state index contributed by atoms with van der Waals surface area (Å²) >= 11 is 0. The molecule has 0 bridgehead atoms. The maximum atomic E-state index is 4.02. The minimum atomic E-state index is 0.955. The van der Waals surface area contributed by atoms with E-state index >= 15 is 0 Å². The lowest BCUT2D eigenvalue weighted by Crippen LogP contribution is -2.28. The largest absolute Gasteiger partial charge is 0.317 e. The van der Waals surface area contributed by atoms with E-state index in [0.29, 0.717) is 0 Å². The van der Waals surface area contributed by atoms with E-state index in [1.807, 2.05) is 13.3 Å². The predicted molar refractivity (Wildman–Crippen MR) is 68.8 cm³/mol. The van der Waals surface area contributed by atoms with Gasteiger partial charge in [0, 0.05) is 13.1 Å². The Bertz CT molecular complexity index is 334. The third-order valence-electron chi connectivity index (χ3n) is 3.98. The number of hydrogen-bond donors (Lipinski definition) is 0. The number of aromatic nitrogens is 3. The van der Waals surface area contributed by atoms with E-state index in [4.69, 9.17) is 0 Å². The van der Waals surface area contributed by atoms with Crippen LogP contribution in [0, 0.1) is 12.8 Å². The molecular weight excluding hydrogens is 212 g/mol. The smallest absolute Gasteiger partial charge is 0.129 e. The second-order valence-electron chi connectivity index (χ2n) is 5.12. The molecule has 1 aromatic rings. The van der Waals surface area contributed by atoms with Crippen molar-refractivity contribution in [3.05, 3.63) is 12.2 Å². The highest BCUT2D eigenvalue weighted by molar-refractivity contribution is 4.80. The molecule has 4 heteroatoms. The molecule has 0 spiro atoms. The fraction of sp³-hybridized carbons (Fsp3) is 0.846. The zero-order valence-corrected chi connectivity index (χ0v) is 11.1. The molecule has 0 amide bonds. The van der Waals surface area contributed by atoms with Crippen molar-refractivity contribution >= 4 is 0 Å². The standard InChI is InChI=1S/C13H24N4/c1-3-13-5-4-7-16(8-6-13)9-10-17-11-14-15-12(17)2/h11,13H,3-10H2,1-2H3/t13-/m0/s1. The lowest BCUT2D eigenvalue weighted by Gasteiger charge is -2.20. The van der Waals surface area contributed by atoms with Crippen molar-refractivity contribution in [3.8, 4) is 0 Å². The molecule has 1 aromatic heterocycles. The summed E-state index contributed by atoms with van der Waals surface area (Å²) in [6, 6.07) is 0. The monoisotopic (exact) mass is 236 g/mol. The highest BCUT2D eigenvalue weighted by Crippen LogP contribution is 2.19. The maximum Gasteiger partial charge on any atom is 0.129 e. The van der Waals surface area contributed by atoms with E-state index in [1.54, 1.807) is 0 Å². The van der Waals surface area contributed by atoms with Crippen LogP contribution in [0.15, 0.2) is 6.33 Å². The topological polar surface area (TPSA) is 34.0 Å². The lowest BCUT2D eigenvalue weighted by atomic mass is 9.98. The van der Waals surface area contributed by atoms with Crippen LogP contribution in [0.5, 0.6) is 0 Å². The summed E-state index contributed by atoms with van der Waals surface area (Å²) in [5.41, 5.74) is 0. The fourth-order valence-corrected chi connectivity index (χ4v) is 2.64. The van der Waals surface area contributed by atoms with Crippen LogP contribution in [0.4, 0.5) is 0 Å². The van der Waals surface area contributed by atoms with Crippen LogP contribution in [0.3, 0.4) is 0 Å². The van der Waals surface area contributed by atoms with Gasteiger partial charge in [0.1, 0.15) is 12.2 Å². The van der Waals surface area contributed by atoms with Crippen molar-refractivity contribution in [1.29, 1.82) is 0 Å². The molecule has 1 fully saturated rings. The second kappa shape index (κ2) is 6.15. The van der Waals surface area contributed by atoms with Crippen LogP contribution in [-0.2, 0) is 6.54 Å². The average molecular weight is 236 g/mol. The van der Waals surface area contributed by atoms with Crippen LogP contribution in [0.2, 0.25) is 0 Å². The predicted octanol–water partition coefficient (Wildman–Crippen LogP) is 2.10. The lowest BCUT2D eigenvalue weighted by molar-refractivity contribution is 0.268. The molecule has 0 N–H and O–H groups in total. The van der Waals surface area contributed by atoms with E-state index in [2.05, 4.69) is 26.6 Å². The maximum absolute atomic E-state index is 4.02. The average Bonchev–Trinajstić information content (AvgIpc) is 2.63. The van der Waals surface area contributed by atoms with Gasteiger partial charge in [0.15, 0.2) is 0 Å². The molecule has 1 aliphatic rings. The Morgan fingerprint density at radius 3 is 2.88 bits per heavy atom. The fourth-order valence-electron chi connectivity index (χ4n) is 2.64. The number of nitrogens with zero attached hydrogens (tertiary/aromatic N) is 4. The molecule has 0 saturated carbocycles. The number of hydrogen-bond acceptors (Lipinski definition) is 3. The Morgan fingerprint density at radius 1 is 1.29 bits per heavy atom. The van der Waals surface area contributed by atoms with Gasteiger partial charge in [0.2, 0.25) is 0 Å². The quantitative estimate of drug-likeness (QED) is 0.803. The zero-order chi connectivity index (χ0) is 12.1. The molecule has 1 aliphatic heterocycles. The van der Waals surface area contributed by atoms with Gasteiger partial charge in [-0.2, -0.15) is 0 Å². The van der Waals surface area contributed by atoms with E-state index in [0.717, 1.165) is 24.8 Å². The Labute approximate surface area is 104 Å². The number of likely N-dealkylation sites (tertiary alicyclic amines) is 1. The minimum absolute atomic E-state index is 0.955. The molecule has 0 radical (unpaired) electrons. The van der Waals surface area contributed by atoms with Crippen molar-refractivity contribution in [1.82, 2.24) is 19.7 Å². The van der Waals surface area contributed by atoms with Crippen molar-refractivity contribution in [2.24, 2.45) is 5.92 Å². The first-order chi connectivity index (χ1) is 8.29. The van der Waals surface area contributed by atoms with Crippen molar-refractivity contribution < 1.29 is 0 Å². The van der Waals surface area contributed by atoms with Crippen molar-refractivity contribution in [2.75, 3.05) is 19.6 Å². The first-order valence-electron chi connectivity index (χ1n) is 6.86. The third-order valence-corrected chi connectivity index (χ3v) is 3.98. The highest BCUT2D eigenvalue weighted by Gasteiger charge is 2.15. The summed E-state index contributed by atoms with van der Waals surface area (Å²) in [7, 11) is 0.